The topological polar surface area (TPSA) is 94.3 Å². The highest BCUT2D eigenvalue weighted by molar-refractivity contribution is 6.03. The van der Waals surface area contributed by atoms with E-state index in [-0.39, 0.29) is 23.4 Å². The van der Waals surface area contributed by atoms with Gasteiger partial charge in [0.1, 0.15) is 5.56 Å². The molecule has 6 nitrogen and oxygen atoms in total. The van der Waals surface area contributed by atoms with Crippen LogP contribution in [-0.2, 0) is 0 Å². The molecule has 102 valence electrons. The lowest BCUT2D eigenvalue weighted by atomic mass is 10.1. The summed E-state index contributed by atoms with van der Waals surface area (Å²) in [6.07, 6.45) is 3.20. The van der Waals surface area contributed by atoms with Crippen molar-refractivity contribution >= 4 is 11.8 Å². The van der Waals surface area contributed by atoms with E-state index in [1.165, 1.54) is 6.26 Å². The third-order valence-corrected chi connectivity index (χ3v) is 3.02. The number of nitrogen functional groups attached to an aromatic ring is 1. The molecule has 1 amide bonds. The van der Waals surface area contributed by atoms with Gasteiger partial charge in [0.15, 0.2) is 11.5 Å². The molecule has 0 aliphatic heterocycles. The molecule has 0 unspecified atom stereocenters. The van der Waals surface area contributed by atoms with Crippen molar-refractivity contribution in [2.24, 2.45) is 0 Å². The van der Waals surface area contributed by atoms with Gasteiger partial charge in [0.2, 0.25) is 5.88 Å². The lowest BCUT2D eigenvalue weighted by molar-refractivity contribution is 0.0936. The minimum Gasteiger partial charge on any atom is -0.463 e. The molecular weight excluding hydrogens is 246 g/mol. The van der Waals surface area contributed by atoms with Gasteiger partial charge in [0.05, 0.1) is 6.26 Å². The van der Waals surface area contributed by atoms with Crippen LogP contribution in [0.4, 0.5) is 5.88 Å². The Kier molecular flexibility index (Phi) is 3.89. The molecule has 0 aromatic carbocycles. The van der Waals surface area contributed by atoms with E-state index in [1.54, 1.807) is 12.1 Å². The molecule has 6 heteroatoms. The maximum Gasteiger partial charge on any atom is 0.259 e. The first-order valence-corrected chi connectivity index (χ1v) is 6.27. The van der Waals surface area contributed by atoms with Gasteiger partial charge in [-0.25, -0.2) is 0 Å². The van der Waals surface area contributed by atoms with E-state index in [4.69, 9.17) is 14.7 Å². The Morgan fingerprint density at radius 2 is 2.21 bits per heavy atom. The summed E-state index contributed by atoms with van der Waals surface area (Å²) in [5.41, 5.74) is 6.22. The minimum atomic E-state index is -0.293. The van der Waals surface area contributed by atoms with E-state index >= 15 is 0 Å². The molecule has 0 atom stereocenters. The normalized spacial score (nSPS) is 10.9. The second-order valence-electron chi connectivity index (χ2n) is 4.23. The molecule has 0 radical (unpaired) electrons. The number of furan rings is 1. The number of nitrogens with two attached hydrogens (primary N) is 1. The SMILES string of the molecule is CCC(CC)NC(=O)c1c(-c2ccco2)noc1N. The van der Waals surface area contributed by atoms with Gasteiger partial charge in [-0.2, -0.15) is 0 Å². The number of carbonyl (C=O) groups excluding carboxylic acids is 1. The van der Waals surface area contributed by atoms with Gasteiger partial charge >= 0.3 is 0 Å². The Hall–Kier alpha value is -2.24. The van der Waals surface area contributed by atoms with Gasteiger partial charge in [-0.1, -0.05) is 19.0 Å². The fraction of sp³-hybridized carbons (Fsp3) is 0.385. The molecule has 0 spiro atoms. The third-order valence-electron chi connectivity index (χ3n) is 3.02. The average Bonchev–Trinajstić information content (AvgIpc) is 3.04. The van der Waals surface area contributed by atoms with Crippen LogP contribution < -0.4 is 11.1 Å². The molecule has 0 aliphatic carbocycles. The molecule has 0 saturated carbocycles. The highest BCUT2D eigenvalue weighted by Crippen LogP contribution is 2.27. The number of nitrogens with zero attached hydrogens (tertiary/aromatic N) is 1. The van der Waals surface area contributed by atoms with Crippen LogP contribution in [0.3, 0.4) is 0 Å². The molecule has 0 fully saturated rings. The molecular formula is C13H17N3O3. The quantitative estimate of drug-likeness (QED) is 0.864. The van der Waals surface area contributed by atoms with Crippen molar-refractivity contribution in [1.29, 1.82) is 0 Å². The first-order chi connectivity index (χ1) is 9.17. The molecule has 2 rings (SSSR count). The van der Waals surface area contributed by atoms with Crippen molar-refractivity contribution in [2.45, 2.75) is 32.7 Å². The molecule has 2 heterocycles. The maximum absolute atomic E-state index is 12.2. The summed E-state index contributed by atoms with van der Waals surface area (Å²) in [6, 6.07) is 3.51. The van der Waals surface area contributed by atoms with Crippen LogP contribution in [0.15, 0.2) is 27.3 Å². The van der Waals surface area contributed by atoms with Crippen molar-refractivity contribution in [3.05, 3.63) is 24.0 Å². The first-order valence-electron chi connectivity index (χ1n) is 6.27. The van der Waals surface area contributed by atoms with E-state index in [0.29, 0.717) is 11.5 Å². The van der Waals surface area contributed by atoms with Crippen molar-refractivity contribution in [3.8, 4) is 11.5 Å². The summed E-state index contributed by atoms with van der Waals surface area (Å²) in [5.74, 6) is 0.156. The van der Waals surface area contributed by atoms with Crippen LogP contribution in [0, 0.1) is 0 Å². The van der Waals surface area contributed by atoms with Gasteiger partial charge in [-0.05, 0) is 25.0 Å². The minimum absolute atomic E-state index is 0.00476. The van der Waals surface area contributed by atoms with E-state index in [2.05, 4.69) is 10.5 Å². The first kappa shape index (κ1) is 13.2. The molecule has 0 saturated heterocycles. The van der Waals surface area contributed by atoms with Crippen molar-refractivity contribution in [2.75, 3.05) is 5.73 Å². The number of rotatable bonds is 5. The fourth-order valence-electron chi connectivity index (χ4n) is 1.85. The lowest BCUT2D eigenvalue weighted by Crippen LogP contribution is -2.34. The summed E-state index contributed by atoms with van der Waals surface area (Å²) < 4.78 is 10.1. The van der Waals surface area contributed by atoms with Gasteiger partial charge in [-0.3, -0.25) is 4.79 Å². The Bertz CT molecular complexity index is 541. The van der Waals surface area contributed by atoms with Crippen LogP contribution in [0.1, 0.15) is 37.0 Å². The number of anilines is 1. The Morgan fingerprint density at radius 1 is 1.47 bits per heavy atom. The number of aromatic nitrogens is 1. The summed E-state index contributed by atoms with van der Waals surface area (Å²) in [6.45, 7) is 4.03. The summed E-state index contributed by atoms with van der Waals surface area (Å²) in [4.78, 5) is 12.2. The van der Waals surface area contributed by atoms with E-state index in [9.17, 15) is 4.79 Å². The lowest BCUT2D eigenvalue weighted by Gasteiger charge is -2.14. The third kappa shape index (κ3) is 2.62. The van der Waals surface area contributed by atoms with Gasteiger partial charge < -0.3 is 20.0 Å². The van der Waals surface area contributed by atoms with Gasteiger partial charge in [0.25, 0.3) is 5.91 Å². The zero-order valence-electron chi connectivity index (χ0n) is 11.0. The number of hydrogen-bond acceptors (Lipinski definition) is 5. The maximum atomic E-state index is 12.2. The van der Waals surface area contributed by atoms with E-state index in [1.807, 2.05) is 13.8 Å². The van der Waals surface area contributed by atoms with Gasteiger partial charge in [-0.15, -0.1) is 0 Å². The Morgan fingerprint density at radius 3 is 2.79 bits per heavy atom. The summed E-state index contributed by atoms with van der Waals surface area (Å²) >= 11 is 0. The molecule has 0 aliphatic rings. The molecule has 2 aromatic rings. The summed E-state index contributed by atoms with van der Waals surface area (Å²) in [7, 11) is 0. The Balaban J connectivity index is 2.29. The standard InChI is InChI=1S/C13H17N3O3/c1-3-8(4-2)15-13(17)10-11(16-19-12(10)14)9-6-5-7-18-9/h5-8H,3-4,14H2,1-2H3,(H,15,17). The zero-order valence-corrected chi connectivity index (χ0v) is 11.0. The predicted molar refractivity (Wildman–Crippen MR) is 70.5 cm³/mol. The van der Waals surface area contributed by atoms with Crippen molar-refractivity contribution in [3.63, 3.8) is 0 Å². The largest absolute Gasteiger partial charge is 0.463 e. The van der Waals surface area contributed by atoms with Crippen molar-refractivity contribution in [1.82, 2.24) is 10.5 Å². The number of carbonyl (C=O) groups is 1. The van der Waals surface area contributed by atoms with Crippen LogP contribution in [0.2, 0.25) is 0 Å². The highest BCUT2D eigenvalue weighted by Gasteiger charge is 2.25. The Labute approximate surface area is 110 Å². The average molecular weight is 263 g/mol. The second-order valence-corrected chi connectivity index (χ2v) is 4.23. The van der Waals surface area contributed by atoms with E-state index in [0.717, 1.165) is 12.8 Å². The number of hydrogen-bond donors (Lipinski definition) is 2. The molecule has 3 N–H and O–H groups in total. The monoisotopic (exact) mass is 263 g/mol. The van der Waals surface area contributed by atoms with Crippen molar-refractivity contribution < 1.29 is 13.7 Å². The van der Waals surface area contributed by atoms with Gasteiger partial charge in [0, 0.05) is 6.04 Å². The van der Waals surface area contributed by atoms with Crippen LogP contribution in [0.25, 0.3) is 11.5 Å². The second kappa shape index (κ2) is 5.60. The summed E-state index contributed by atoms with van der Waals surface area (Å²) in [5, 5.41) is 6.68. The van der Waals surface area contributed by atoms with Crippen LogP contribution in [-0.4, -0.2) is 17.1 Å². The molecule has 2 aromatic heterocycles. The van der Waals surface area contributed by atoms with E-state index < -0.39 is 0 Å². The smallest absolute Gasteiger partial charge is 0.259 e. The molecule has 0 bridgehead atoms. The number of amides is 1. The van der Waals surface area contributed by atoms with Crippen LogP contribution in [0.5, 0.6) is 0 Å². The fourth-order valence-corrected chi connectivity index (χ4v) is 1.85. The zero-order chi connectivity index (χ0) is 13.8. The van der Waals surface area contributed by atoms with Crippen LogP contribution >= 0.6 is 0 Å². The highest BCUT2D eigenvalue weighted by atomic mass is 16.5. The predicted octanol–water partition coefficient (Wildman–Crippen LogP) is 2.44. The number of nitrogens with one attached hydrogen (secondary N) is 1. The molecule has 19 heavy (non-hydrogen) atoms.